The van der Waals surface area contributed by atoms with Crippen LogP contribution in [-0.4, -0.2) is 46.0 Å². The van der Waals surface area contributed by atoms with E-state index in [-0.39, 0.29) is 16.7 Å². The summed E-state index contributed by atoms with van der Waals surface area (Å²) in [5.41, 5.74) is 0.921. The highest BCUT2D eigenvalue weighted by atomic mass is 32.2. The first-order valence-corrected chi connectivity index (χ1v) is 10.6. The molecule has 0 radical (unpaired) electrons. The van der Waals surface area contributed by atoms with E-state index in [0.717, 1.165) is 44.2 Å². The first kappa shape index (κ1) is 18.9. The molecule has 7 heteroatoms. The van der Waals surface area contributed by atoms with Gasteiger partial charge in [0.1, 0.15) is 5.75 Å². The minimum Gasteiger partial charge on any atom is -0.497 e. The average molecular weight is 378 g/mol. The van der Waals surface area contributed by atoms with Crippen LogP contribution >= 0.6 is 0 Å². The first-order chi connectivity index (χ1) is 12.5. The molecule has 1 fully saturated rings. The Labute approximate surface area is 155 Å². The molecule has 1 N–H and O–H groups in total. The highest BCUT2D eigenvalue weighted by Crippen LogP contribution is 2.24. The van der Waals surface area contributed by atoms with Crippen LogP contribution < -0.4 is 9.46 Å². The maximum absolute atomic E-state index is 12.5. The van der Waals surface area contributed by atoms with E-state index >= 15 is 0 Å². The first-order valence-electron chi connectivity index (χ1n) is 9.11. The molecule has 1 amide bonds. The summed E-state index contributed by atoms with van der Waals surface area (Å²) >= 11 is 0. The fourth-order valence-electron chi connectivity index (χ4n) is 3.55. The lowest BCUT2D eigenvalue weighted by Gasteiger charge is -2.33. The van der Waals surface area contributed by atoms with Crippen LogP contribution in [-0.2, 0) is 14.8 Å². The topological polar surface area (TPSA) is 75.7 Å². The second kappa shape index (κ2) is 8.22. The smallest absolute Gasteiger partial charge is 0.249 e. The van der Waals surface area contributed by atoms with Crippen LogP contribution in [0, 0.1) is 5.92 Å². The van der Waals surface area contributed by atoms with Gasteiger partial charge in [0.25, 0.3) is 0 Å². The Morgan fingerprint density at radius 3 is 2.69 bits per heavy atom. The Balaban J connectivity index is 1.57. The normalized spacial score (nSPS) is 20.7. The van der Waals surface area contributed by atoms with Crippen LogP contribution in [0.2, 0.25) is 0 Å². The maximum atomic E-state index is 12.5. The molecule has 0 spiro atoms. The van der Waals surface area contributed by atoms with E-state index < -0.39 is 10.0 Å². The number of nitrogens with zero attached hydrogens (tertiary/aromatic N) is 1. The molecule has 1 unspecified atom stereocenters. The molecule has 2 aliphatic rings. The molecule has 1 atom stereocenters. The van der Waals surface area contributed by atoms with Gasteiger partial charge in [-0.1, -0.05) is 6.08 Å². The summed E-state index contributed by atoms with van der Waals surface area (Å²) in [5, 5.41) is 0. The predicted molar refractivity (Wildman–Crippen MR) is 99.4 cm³/mol. The standard InChI is InChI=1S/C19H26N2O4S/c1-25-17-8-10-18(11-9-17)26(23,24)20-13-15-5-4-12-21(14-15)19(22)16-6-2-3-7-16/h6,8-11,15,20H,2-5,7,12-14H2,1H3. The molecule has 1 aromatic rings. The summed E-state index contributed by atoms with van der Waals surface area (Å²) in [5.74, 6) is 0.888. The van der Waals surface area contributed by atoms with Crippen LogP contribution in [0.3, 0.4) is 0 Å². The highest BCUT2D eigenvalue weighted by Gasteiger charge is 2.27. The van der Waals surface area contributed by atoms with Gasteiger partial charge in [0.2, 0.25) is 15.9 Å². The minimum absolute atomic E-state index is 0.130. The third-order valence-electron chi connectivity index (χ3n) is 5.05. The largest absolute Gasteiger partial charge is 0.497 e. The Hall–Kier alpha value is -1.86. The number of benzene rings is 1. The molecule has 6 nitrogen and oxygen atoms in total. The third-order valence-corrected chi connectivity index (χ3v) is 6.49. The van der Waals surface area contributed by atoms with Crippen molar-refractivity contribution in [1.82, 2.24) is 9.62 Å². The molecule has 1 aliphatic carbocycles. The molecule has 0 bridgehead atoms. The summed E-state index contributed by atoms with van der Waals surface area (Å²) < 4.78 is 32.7. The number of hydrogen-bond acceptors (Lipinski definition) is 4. The van der Waals surface area contributed by atoms with E-state index in [9.17, 15) is 13.2 Å². The van der Waals surface area contributed by atoms with E-state index in [1.165, 1.54) is 12.1 Å². The molecule has 1 heterocycles. The molecule has 0 aromatic heterocycles. The monoisotopic (exact) mass is 378 g/mol. The number of likely N-dealkylation sites (tertiary alicyclic amines) is 1. The molecule has 1 aliphatic heterocycles. The Morgan fingerprint density at radius 1 is 1.27 bits per heavy atom. The molecule has 0 saturated carbocycles. The average Bonchev–Trinajstić information content (AvgIpc) is 3.21. The van der Waals surface area contributed by atoms with Crippen LogP contribution in [0.25, 0.3) is 0 Å². The van der Waals surface area contributed by atoms with Crippen molar-refractivity contribution in [2.45, 2.75) is 37.0 Å². The van der Waals surface area contributed by atoms with Crippen LogP contribution in [0.5, 0.6) is 5.75 Å². The molecule has 3 rings (SSSR count). The number of piperidine rings is 1. The van der Waals surface area contributed by atoms with Crippen molar-refractivity contribution in [3.63, 3.8) is 0 Å². The van der Waals surface area contributed by atoms with Gasteiger partial charge in [-0.05, 0) is 62.3 Å². The number of hydrogen-bond donors (Lipinski definition) is 1. The fraction of sp³-hybridized carbons (Fsp3) is 0.526. The molecular weight excluding hydrogens is 352 g/mol. The predicted octanol–water partition coefficient (Wildman–Crippen LogP) is 2.32. The molecule has 142 valence electrons. The molecule has 1 saturated heterocycles. The zero-order valence-electron chi connectivity index (χ0n) is 15.1. The van der Waals surface area contributed by atoms with Crippen molar-refractivity contribution in [2.24, 2.45) is 5.92 Å². The number of ether oxygens (including phenoxy) is 1. The second-order valence-electron chi connectivity index (χ2n) is 6.91. The number of nitrogens with one attached hydrogen (secondary N) is 1. The van der Waals surface area contributed by atoms with E-state index in [1.807, 2.05) is 11.0 Å². The number of allylic oxidation sites excluding steroid dienone is 1. The zero-order valence-corrected chi connectivity index (χ0v) is 15.9. The van der Waals surface area contributed by atoms with Crippen LogP contribution in [0.15, 0.2) is 40.8 Å². The van der Waals surface area contributed by atoms with E-state index in [1.54, 1.807) is 19.2 Å². The summed E-state index contributed by atoms with van der Waals surface area (Å²) in [6.45, 7) is 1.72. The highest BCUT2D eigenvalue weighted by molar-refractivity contribution is 7.89. The van der Waals surface area contributed by atoms with Gasteiger partial charge in [-0.2, -0.15) is 0 Å². The van der Waals surface area contributed by atoms with Crippen molar-refractivity contribution in [2.75, 3.05) is 26.7 Å². The number of sulfonamides is 1. The van der Waals surface area contributed by atoms with Crippen molar-refractivity contribution >= 4 is 15.9 Å². The molecular formula is C19H26N2O4S. The number of rotatable bonds is 6. The summed E-state index contributed by atoms with van der Waals surface area (Å²) in [4.78, 5) is 14.6. The minimum atomic E-state index is -3.56. The number of methoxy groups -OCH3 is 1. The lowest BCUT2D eigenvalue weighted by Crippen LogP contribution is -2.44. The Morgan fingerprint density at radius 2 is 2.04 bits per heavy atom. The van der Waals surface area contributed by atoms with Crippen molar-refractivity contribution in [1.29, 1.82) is 0 Å². The van der Waals surface area contributed by atoms with Crippen LogP contribution in [0.1, 0.15) is 32.1 Å². The van der Waals surface area contributed by atoms with Gasteiger partial charge in [-0.15, -0.1) is 0 Å². The number of carbonyl (C=O) groups is 1. The lowest BCUT2D eigenvalue weighted by molar-refractivity contribution is -0.128. The molecule has 1 aromatic carbocycles. The quantitative estimate of drug-likeness (QED) is 0.824. The van der Waals surface area contributed by atoms with E-state index in [4.69, 9.17) is 4.74 Å². The summed E-state index contributed by atoms with van der Waals surface area (Å²) in [7, 11) is -2.02. The lowest BCUT2D eigenvalue weighted by atomic mass is 9.97. The van der Waals surface area contributed by atoms with Gasteiger partial charge in [-0.25, -0.2) is 13.1 Å². The Kier molecular flexibility index (Phi) is 5.98. The fourth-order valence-corrected chi connectivity index (χ4v) is 4.67. The Bertz CT molecular complexity index is 771. The zero-order chi connectivity index (χ0) is 18.6. The van der Waals surface area contributed by atoms with Crippen molar-refractivity contribution in [3.05, 3.63) is 35.9 Å². The maximum Gasteiger partial charge on any atom is 0.249 e. The third kappa shape index (κ3) is 4.45. The van der Waals surface area contributed by atoms with Gasteiger partial charge in [0.15, 0.2) is 0 Å². The van der Waals surface area contributed by atoms with Gasteiger partial charge >= 0.3 is 0 Å². The van der Waals surface area contributed by atoms with Gasteiger partial charge in [0.05, 0.1) is 12.0 Å². The van der Waals surface area contributed by atoms with Gasteiger partial charge < -0.3 is 9.64 Å². The number of amides is 1. The number of carbonyl (C=O) groups excluding carboxylic acids is 1. The SMILES string of the molecule is COc1ccc(S(=O)(=O)NCC2CCCN(C(=O)C3=CCCC3)C2)cc1. The van der Waals surface area contributed by atoms with Crippen LogP contribution in [0.4, 0.5) is 0 Å². The second-order valence-corrected chi connectivity index (χ2v) is 8.68. The summed E-state index contributed by atoms with van der Waals surface area (Å²) in [6.07, 6.45) is 6.78. The van der Waals surface area contributed by atoms with Crippen molar-refractivity contribution < 1.29 is 17.9 Å². The van der Waals surface area contributed by atoms with Gasteiger partial charge in [0, 0.05) is 25.2 Å². The van der Waals surface area contributed by atoms with Gasteiger partial charge in [-0.3, -0.25) is 4.79 Å². The van der Waals surface area contributed by atoms with Crippen molar-refractivity contribution in [3.8, 4) is 5.75 Å². The van der Waals surface area contributed by atoms with E-state index in [2.05, 4.69) is 4.72 Å². The summed E-state index contributed by atoms with van der Waals surface area (Å²) in [6, 6.07) is 6.32. The molecule has 26 heavy (non-hydrogen) atoms. The van der Waals surface area contributed by atoms with E-state index in [0.29, 0.717) is 18.8 Å².